The van der Waals surface area contributed by atoms with Crippen LogP contribution in [-0.2, 0) is 4.79 Å². The van der Waals surface area contributed by atoms with Crippen LogP contribution in [0, 0.1) is 0 Å². The Morgan fingerprint density at radius 1 is 1.35 bits per heavy atom. The van der Waals surface area contributed by atoms with Crippen LogP contribution in [0.1, 0.15) is 30.6 Å². The highest BCUT2D eigenvalue weighted by Crippen LogP contribution is 2.14. The summed E-state index contributed by atoms with van der Waals surface area (Å²) in [6.07, 6.45) is 0.318. The molecule has 1 amide bonds. The third-order valence-corrected chi connectivity index (χ3v) is 3.00. The molecule has 0 bridgehead atoms. The number of halogens is 1. The zero-order valence-electron chi connectivity index (χ0n) is 11.5. The lowest BCUT2D eigenvalue weighted by atomic mass is 10.2. The minimum Gasteiger partial charge on any atom is -0.478 e. The van der Waals surface area contributed by atoms with Crippen molar-refractivity contribution in [3.8, 4) is 0 Å². The van der Waals surface area contributed by atoms with E-state index in [2.05, 4.69) is 10.3 Å². The lowest BCUT2D eigenvalue weighted by Crippen LogP contribution is -2.31. The number of nitrogens with one attached hydrogen (secondary N) is 1. The minimum atomic E-state index is -1.07. The van der Waals surface area contributed by atoms with Gasteiger partial charge in [-0.2, -0.15) is 0 Å². The van der Waals surface area contributed by atoms with Gasteiger partial charge in [0.2, 0.25) is 5.91 Å². The van der Waals surface area contributed by atoms with E-state index in [-0.39, 0.29) is 16.6 Å². The Labute approximate surface area is 122 Å². The number of nitrogens with zero attached hydrogens (tertiary/aromatic N) is 2. The van der Waals surface area contributed by atoms with Crippen molar-refractivity contribution in [2.24, 2.45) is 0 Å². The van der Waals surface area contributed by atoms with Crippen LogP contribution in [0.15, 0.2) is 12.1 Å². The SMILES string of the molecule is CCN(CC)C(=O)CCNc1cc(C(=O)O)cc(Cl)n1. The Bertz CT molecular complexity index is 490. The number of aromatic nitrogens is 1. The first-order chi connectivity index (χ1) is 9.47. The Balaban J connectivity index is 2.58. The lowest BCUT2D eigenvalue weighted by Gasteiger charge is -2.18. The first-order valence-corrected chi connectivity index (χ1v) is 6.78. The van der Waals surface area contributed by atoms with Crippen LogP contribution >= 0.6 is 11.6 Å². The highest BCUT2D eigenvalue weighted by molar-refractivity contribution is 6.29. The largest absolute Gasteiger partial charge is 0.478 e. The molecule has 7 heteroatoms. The zero-order chi connectivity index (χ0) is 15.1. The second kappa shape index (κ2) is 7.69. The number of amides is 1. The Morgan fingerprint density at radius 3 is 2.55 bits per heavy atom. The van der Waals surface area contributed by atoms with E-state index in [9.17, 15) is 9.59 Å². The van der Waals surface area contributed by atoms with Crippen molar-refractivity contribution in [2.75, 3.05) is 25.0 Å². The molecule has 1 aromatic rings. The third kappa shape index (κ3) is 4.70. The maximum atomic E-state index is 11.8. The quantitative estimate of drug-likeness (QED) is 0.753. The van der Waals surface area contributed by atoms with E-state index in [4.69, 9.17) is 16.7 Å². The molecular weight excluding hydrogens is 282 g/mol. The first kappa shape index (κ1) is 16.2. The number of anilines is 1. The standard InChI is InChI=1S/C13H18ClN3O3/c1-3-17(4-2)12(18)5-6-15-11-8-9(13(19)20)7-10(14)16-11/h7-8H,3-6H2,1-2H3,(H,15,16)(H,19,20). The molecule has 0 aliphatic heterocycles. The molecule has 1 heterocycles. The Hall–Kier alpha value is -1.82. The van der Waals surface area contributed by atoms with Crippen LogP contribution in [0.2, 0.25) is 5.15 Å². The summed E-state index contributed by atoms with van der Waals surface area (Å²) >= 11 is 5.74. The maximum Gasteiger partial charge on any atom is 0.335 e. The molecule has 1 aromatic heterocycles. The number of hydrogen-bond donors (Lipinski definition) is 2. The maximum absolute atomic E-state index is 11.8. The topological polar surface area (TPSA) is 82.5 Å². The number of carbonyl (C=O) groups excluding carboxylic acids is 1. The number of carboxylic acid groups (broad SMARTS) is 1. The van der Waals surface area contributed by atoms with Gasteiger partial charge in [0.15, 0.2) is 0 Å². The predicted octanol–water partition coefficient (Wildman–Crippen LogP) is 2.10. The Morgan fingerprint density at radius 2 is 2.00 bits per heavy atom. The summed E-state index contributed by atoms with van der Waals surface area (Å²) in [5, 5.41) is 11.9. The van der Waals surface area contributed by atoms with Crippen molar-refractivity contribution < 1.29 is 14.7 Å². The van der Waals surface area contributed by atoms with Crippen molar-refractivity contribution >= 4 is 29.3 Å². The molecule has 0 saturated heterocycles. The van der Waals surface area contributed by atoms with E-state index >= 15 is 0 Å². The number of hydrogen-bond acceptors (Lipinski definition) is 4. The van der Waals surface area contributed by atoms with Gasteiger partial charge in [0.25, 0.3) is 0 Å². The number of carbonyl (C=O) groups is 2. The summed E-state index contributed by atoms with van der Waals surface area (Å²) in [7, 11) is 0. The van der Waals surface area contributed by atoms with Gasteiger partial charge in [-0.25, -0.2) is 9.78 Å². The molecule has 0 fully saturated rings. The monoisotopic (exact) mass is 299 g/mol. The molecule has 0 aliphatic carbocycles. The third-order valence-electron chi connectivity index (χ3n) is 2.80. The van der Waals surface area contributed by atoms with Gasteiger partial charge in [-0.1, -0.05) is 11.6 Å². The lowest BCUT2D eigenvalue weighted by molar-refractivity contribution is -0.130. The van der Waals surface area contributed by atoms with Gasteiger partial charge >= 0.3 is 5.97 Å². The van der Waals surface area contributed by atoms with Gasteiger partial charge in [-0.15, -0.1) is 0 Å². The molecular formula is C13H18ClN3O3. The number of aromatic carboxylic acids is 1. The average Bonchev–Trinajstić information content (AvgIpc) is 2.39. The smallest absolute Gasteiger partial charge is 0.335 e. The summed E-state index contributed by atoms with van der Waals surface area (Å²) in [6, 6.07) is 2.66. The van der Waals surface area contributed by atoms with Crippen molar-refractivity contribution in [3.63, 3.8) is 0 Å². The van der Waals surface area contributed by atoms with Crippen LogP contribution in [0.4, 0.5) is 5.82 Å². The van der Waals surface area contributed by atoms with Crippen LogP contribution in [-0.4, -0.2) is 46.5 Å². The molecule has 1 rings (SSSR count). The molecule has 0 spiro atoms. The number of rotatable bonds is 7. The fourth-order valence-corrected chi connectivity index (χ4v) is 1.95. The molecule has 2 N–H and O–H groups in total. The van der Waals surface area contributed by atoms with Gasteiger partial charge in [0.05, 0.1) is 5.56 Å². The molecule has 6 nitrogen and oxygen atoms in total. The van der Waals surface area contributed by atoms with Gasteiger partial charge in [0, 0.05) is 26.1 Å². The highest BCUT2D eigenvalue weighted by Gasteiger charge is 2.10. The predicted molar refractivity (Wildman–Crippen MR) is 77.2 cm³/mol. The summed E-state index contributed by atoms with van der Waals surface area (Å²) in [6.45, 7) is 5.57. The molecule has 110 valence electrons. The second-order valence-electron chi connectivity index (χ2n) is 4.11. The van der Waals surface area contributed by atoms with Gasteiger partial charge < -0.3 is 15.3 Å². The van der Waals surface area contributed by atoms with Gasteiger partial charge in [-0.3, -0.25) is 4.79 Å². The summed E-state index contributed by atoms with van der Waals surface area (Å²) in [4.78, 5) is 28.4. The molecule has 20 heavy (non-hydrogen) atoms. The van der Waals surface area contributed by atoms with Crippen molar-refractivity contribution in [3.05, 3.63) is 22.8 Å². The molecule has 0 aliphatic rings. The Kier molecular flexibility index (Phi) is 6.24. The van der Waals surface area contributed by atoms with E-state index in [1.807, 2.05) is 13.8 Å². The van der Waals surface area contributed by atoms with E-state index < -0.39 is 5.97 Å². The van der Waals surface area contributed by atoms with E-state index in [0.29, 0.717) is 31.9 Å². The summed E-state index contributed by atoms with van der Waals surface area (Å²) in [5.74, 6) is -0.679. The molecule has 0 aromatic carbocycles. The van der Waals surface area contributed by atoms with Gasteiger partial charge in [-0.05, 0) is 26.0 Å². The van der Waals surface area contributed by atoms with Gasteiger partial charge in [0.1, 0.15) is 11.0 Å². The molecule has 0 radical (unpaired) electrons. The van der Waals surface area contributed by atoms with Crippen molar-refractivity contribution in [1.29, 1.82) is 0 Å². The summed E-state index contributed by atoms with van der Waals surface area (Å²) < 4.78 is 0. The number of pyridine rings is 1. The van der Waals surface area contributed by atoms with Crippen molar-refractivity contribution in [2.45, 2.75) is 20.3 Å². The van der Waals surface area contributed by atoms with Crippen LogP contribution in [0.5, 0.6) is 0 Å². The van der Waals surface area contributed by atoms with E-state index in [1.54, 1.807) is 4.90 Å². The molecule has 0 atom stereocenters. The highest BCUT2D eigenvalue weighted by atomic mass is 35.5. The average molecular weight is 300 g/mol. The fraction of sp³-hybridized carbons (Fsp3) is 0.462. The first-order valence-electron chi connectivity index (χ1n) is 6.40. The summed E-state index contributed by atoms with van der Waals surface area (Å²) in [5.41, 5.74) is 0.0579. The second-order valence-corrected chi connectivity index (χ2v) is 4.50. The van der Waals surface area contributed by atoms with E-state index in [1.165, 1.54) is 12.1 Å². The fourth-order valence-electron chi connectivity index (χ4n) is 1.74. The van der Waals surface area contributed by atoms with Crippen LogP contribution < -0.4 is 5.32 Å². The number of carboxylic acids is 1. The van der Waals surface area contributed by atoms with Crippen LogP contribution in [0.3, 0.4) is 0 Å². The zero-order valence-corrected chi connectivity index (χ0v) is 12.3. The molecule has 0 unspecified atom stereocenters. The normalized spacial score (nSPS) is 10.2. The van der Waals surface area contributed by atoms with Crippen molar-refractivity contribution in [1.82, 2.24) is 9.88 Å². The minimum absolute atomic E-state index is 0.0444. The van der Waals surface area contributed by atoms with Crippen LogP contribution in [0.25, 0.3) is 0 Å². The van der Waals surface area contributed by atoms with E-state index in [0.717, 1.165) is 0 Å². The molecule has 0 saturated carbocycles.